The molecule has 0 saturated heterocycles. The molecule has 2 heterocycles. The second-order valence-corrected chi connectivity index (χ2v) is 5.88. The fourth-order valence-corrected chi connectivity index (χ4v) is 2.30. The molecule has 1 amide bonds. The average molecular weight is 391 g/mol. The monoisotopic (exact) mass is 391 g/mol. The van der Waals surface area contributed by atoms with Crippen LogP contribution in [0.4, 0.5) is 13.2 Å². The minimum absolute atomic E-state index is 0.197. The van der Waals surface area contributed by atoms with Gasteiger partial charge in [-0.2, -0.15) is 18.3 Å². The lowest BCUT2D eigenvalue weighted by Gasteiger charge is -2.09. The first-order valence-electron chi connectivity index (χ1n) is 8.23. The molecule has 2 aromatic heterocycles. The van der Waals surface area contributed by atoms with Crippen molar-refractivity contribution in [3.63, 3.8) is 0 Å². The first-order chi connectivity index (χ1) is 13.4. The molecule has 3 aromatic rings. The van der Waals surface area contributed by atoms with Gasteiger partial charge in [-0.25, -0.2) is 14.6 Å². The predicted octanol–water partition coefficient (Wildman–Crippen LogP) is 2.59. The van der Waals surface area contributed by atoms with Crippen molar-refractivity contribution in [1.29, 1.82) is 0 Å². The Labute approximate surface area is 158 Å². The Morgan fingerprint density at radius 3 is 2.46 bits per heavy atom. The molecule has 0 aliphatic heterocycles. The standard InChI is InChI=1S/C18H16F3N5O2/c19-18(20,21)10-28-16-6-5-15(8-23-16)17(27)24-7-13-1-3-14(4-2-13)9-26-12-22-11-25-26/h1-6,8,11-12H,7,9-10H2,(H,24,27). The Hall–Kier alpha value is -3.43. The van der Waals surface area contributed by atoms with Crippen LogP contribution in [0.15, 0.2) is 55.2 Å². The highest BCUT2D eigenvalue weighted by molar-refractivity contribution is 5.93. The van der Waals surface area contributed by atoms with Crippen LogP contribution in [-0.4, -0.2) is 38.4 Å². The van der Waals surface area contributed by atoms with E-state index in [1.54, 1.807) is 11.0 Å². The number of nitrogens with zero attached hydrogens (tertiary/aromatic N) is 4. The first-order valence-corrected chi connectivity index (χ1v) is 8.23. The van der Waals surface area contributed by atoms with Crippen LogP contribution < -0.4 is 10.1 Å². The number of hydrogen-bond donors (Lipinski definition) is 1. The fraction of sp³-hybridized carbons (Fsp3) is 0.222. The van der Waals surface area contributed by atoms with Crippen molar-refractivity contribution in [2.45, 2.75) is 19.3 Å². The second kappa shape index (κ2) is 8.51. The molecule has 0 radical (unpaired) electrons. The van der Waals surface area contributed by atoms with Gasteiger partial charge in [0.1, 0.15) is 12.7 Å². The average Bonchev–Trinajstić information content (AvgIpc) is 3.18. The molecule has 1 aromatic carbocycles. The van der Waals surface area contributed by atoms with E-state index in [2.05, 4.69) is 25.1 Å². The number of nitrogens with one attached hydrogen (secondary N) is 1. The summed E-state index contributed by atoms with van der Waals surface area (Å²) in [6.45, 7) is -0.533. The molecule has 0 spiro atoms. The number of alkyl halides is 3. The maximum atomic E-state index is 12.1. The fourth-order valence-electron chi connectivity index (χ4n) is 2.30. The number of rotatable bonds is 7. The number of halogens is 3. The highest BCUT2D eigenvalue weighted by atomic mass is 19.4. The van der Waals surface area contributed by atoms with Crippen molar-refractivity contribution >= 4 is 5.91 Å². The summed E-state index contributed by atoms with van der Waals surface area (Å²) in [5.74, 6) is -0.585. The van der Waals surface area contributed by atoms with E-state index >= 15 is 0 Å². The van der Waals surface area contributed by atoms with Crippen LogP contribution in [0.2, 0.25) is 0 Å². The number of carbonyl (C=O) groups is 1. The summed E-state index contributed by atoms with van der Waals surface area (Å²) in [7, 11) is 0. The number of ether oxygens (including phenoxy) is 1. The molecule has 0 aliphatic rings. The van der Waals surface area contributed by atoms with E-state index in [0.29, 0.717) is 13.1 Å². The van der Waals surface area contributed by atoms with E-state index in [1.807, 2.05) is 24.3 Å². The van der Waals surface area contributed by atoms with Gasteiger partial charge in [-0.15, -0.1) is 0 Å². The Bertz CT molecular complexity index is 894. The molecule has 0 aliphatic carbocycles. The molecule has 0 saturated carbocycles. The highest BCUT2D eigenvalue weighted by Crippen LogP contribution is 2.17. The summed E-state index contributed by atoms with van der Waals surface area (Å²) < 4.78 is 42.5. The highest BCUT2D eigenvalue weighted by Gasteiger charge is 2.28. The van der Waals surface area contributed by atoms with Gasteiger partial charge in [0, 0.05) is 18.8 Å². The summed E-state index contributed by atoms with van der Waals surface area (Å²) in [6.07, 6.45) is -0.180. The maximum absolute atomic E-state index is 12.1. The summed E-state index contributed by atoms with van der Waals surface area (Å²) in [5, 5.41) is 6.76. The van der Waals surface area contributed by atoms with Gasteiger partial charge in [0.05, 0.1) is 12.1 Å². The maximum Gasteiger partial charge on any atom is 0.422 e. The summed E-state index contributed by atoms with van der Waals surface area (Å²) in [6, 6.07) is 10.2. The molecule has 28 heavy (non-hydrogen) atoms. The smallest absolute Gasteiger partial charge is 0.422 e. The molecule has 0 atom stereocenters. The molecule has 0 fully saturated rings. The molecule has 7 nitrogen and oxygen atoms in total. The van der Waals surface area contributed by atoms with Crippen LogP contribution in [0.5, 0.6) is 5.88 Å². The minimum Gasteiger partial charge on any atom is -0.468 e. The number of benzene rings is 1. The van der Waals surface area contributed by atoms with Crippen molar-refractivity contribution in [2.24, 2.45) is 0 Å². The van der Waals surface area contributed by atoms with Crippen LogP contribution in [-0.2, 0) is 13.1 Å². The Morgan fingerprint density at radius 2 is 1.86 bits per heavy atom. The van der Waals surface area contributed by atoms with Gasteiger partial charge in [-0.3, -0.25) is 4.79 Å². The van der Waals surface area contributed by atoms with Gasteiger partial charge >= 0.3 is 6.18 Å². The van der Waals surface area contributed by atoms with E-state index in [0.717, 1.165) is 11.1 Å². The van der Waals surface area contributed by atoms with Gasteiger partial charge in [0.15, 0.2) is 6.61 Å². The summed E-state index contributed by atoms with van der Waals surface area (Å²) >= 11 is 0. The Morgan fingerprint density at radius 1 is 1.11 bits per heavy atom. The van der Waals surface area contributed by atoms with Gasteiger partial charge in [-0.05, 0) is 17.2 Å². The number of hydrogen-bond acceptors (Lipinski definition) is 5. The van der Waals surface area contributed by atoms with Crippen LogP contribution >= 0.6 is 0 Å². The second-order valence-electron chi connectivity index (χ2n) is 5.88. The predicted molar refractivity (Wildman–Crippen MR) is 92.5 cm³/mol. The quantitative estimate of drug-likeness (QED) is 0.670. The van der Waals surface area contributed by atoms with Crippen LogP contribution in [0.25, 0.3) is 0 Å². The third kappa shape index (κ3) is 5.79. The van der Waals surface area contributed by atoms with Crippen molar-refractivity contribution in [1.82, 2.24) is 25.1 Å². The molecule has 0 unspecified atom stereocenters. The lowest BCUT2D eigenvalue weighted by atomic mass is 10.1. The van der Waals surface area contributed by atoms with Crippen molar-refractivity contribution in [3.05, 3.63) is 71.9 Å². The topological polar surface area (TPSA) is 81.9 Å². The molecule has 146 valence electrons. The van der Waals surface area contributed by atoms with Crippen LogP contribution in [0.1, 0.15) is 21.5 Å². The third-order valence-corrected chi connectivity index (χ3v) is 3.67. The van der Waals surface area contributed by atoms with Crippen molar-refractivity contribution in [2.75, 3.05) is 6.61 Å². The van der Waals surface area contributed by atoms with Crippen LogP contribution in [0.3, 0.4) is 0 Å². The van der Waals surface area contributed by atoms with E-state index < -0.39 is 12.8 Å². The molecule has 0 bridgehead atoms. The van der Waals surface area contributed by atoms with Gasteiger partial charge in [-0.1, -0.05) is 24.3 Å². The Balaban J connectivity index is 1.49. The molecular formula is C18H16F3N5O2. The third-order valence-electron chi connectivity index (χ3n) is 3.67. The summed E-state index contributed by atoms with van der Waals surface area (Å²) in [4.78, 5) is 19.7. The van der Waals surface area contributed by atoms with Crippen molar-refractivity contribution < 1.29 is 22.7 Å². The van der Waals surface area contributed by atoms with E-state index in [-0.39, 0.29) is 17.4 Å². The first kappa shape index (κ1) is 19.3. The van der Waals surface area contributed by atoms with Gasteiger partial charge in [0.2, 0.25) is 5.88 Å². The number of aromatic nitrogens is 4. The largest absolute Gasteiger partial charge is 0.468 e. The SMILES string of the molecule is O=C(NCc1ccc(Cn2cncn2)cc1)c1ccc(OCC(F)(F)F)nc1. The van der Waals surface area contributed by atoms with E-state index in [1.165, 1.54) is 24.7 Å². The zero-order valence-electron chi connectivity index (χ0n) is 14.6. The van der Waals surface area contributed by atoms with Gasteiger partial charge in [0.25, 0.3) is 5.91 Å². The van der Waals surface area contributed by atoms with Crippen LogP contribution in [0, 0.1) is 0 Å². The van der Waals surface area contributed by atoms with E-state index in [9.17, 15) is 18.0 Å². The normalized spacial score (nSPS) is 11.2. The van der Waals surface area contributed by atoms with Gasteiger partial charge < -0.3 is 10.1 Å². The lowest BCUT2D eigenvalue weighted by molar-refractivity contribution is -0.154. The number of carbonyl (C=O) groups excluding carboxylic acids is 1. The summed E-state index contributed by atoms with van der Waals surface area (Å²) in [5.41, 5.74) is 2.16. The lowest BCUT2D eigenvalue weighted by Crippen LogP contribution is -2.23. The van der Waals surface area contributed by atoms with Crippen molar-refractivity contribution in [3.8, 4) is 5.88 Å². The molecule has 3 rings (SSSR count). The number of amides is 1. The molecule has 1 N–H and O–H groups in total. The zero-order valence-corrected chi connectivity index (χ0v) is 14.6. The van der Waals surface area contributed by atoms with E-state index in [4.69, 9.17) is 0 Å². The zero-order chi connectivity index (χ0) is 20.0. The molecular weight excluding hydrogens is 375 g/mol. The molecule has 10 heteroatoms. The number of pyridine rings is 1. The minimum atomic E-state index is -4.44. The Kier molecular flexibility index (Phi) is 5.87.